The molecule has 3 aliphatic carbocycles. The summed E-state index contributed by atoms with van der Waals surface area (Å²) in [6.45, 7) is 34.3. The van der Waals surface area contributed by atoms with Gasteiger partial charge >= 0.3 is 673 Å². The Balaban J connectivity index is 0.000000180. The van der Waals surface area contributed by atoms with E-state index in [2.05, 4.69) is 341 Å². The van der Waals surface area contributed by atoms with Gasteiger partial charge in [0.2, 0.25) is 0 Å². The van der Waals surface area contributed by atoms with Crippen LogP contribution in [0.25, 0.3) is 45.0 Å². The number of nitrogens with zero attached hydrogens (tertiary/aromatic N) is 4. The third-order valence-corrected chi connectivity index (χ3v) is 41.3. The normalized spacial score (nSPS) is 15.0. The van der Waals surface area contributed by atoms with Gasteiger partial charge in [0.25, 0.3) is 0 Å². The SMILES string of the molecule is Cc1cc(C(C)(C)C)ccc1-c1c[c]([Ge]([CH3])([CH3])[CH3])c(CC(C)(C)C)c[n+]1C.Cc1ccc(C(C)C)cc1-c1c[c]([Ge]([CH3])([CH3])[CH3])c(CC2CCCC2)c[n+]1C.Cc1ccc(C)c(-c2c[c]([Ge]([CH3])([CH3])[CH3])c(CC3CCCC3)c[n+]2C)c1.Cc1ccc(CC(C)C)cc1-c1c[c]([Ge]([CH3])([CH3])[CH3])c(CC2CCCC2)c[n+]1C. The molecule has 3 saturated carbocycles. The molecule has 0 spiro atoms. The molecule has 0 aliphatic heterocycles. The van der Waals surface area contributed by atoms with Gasteiger partial charge in [-0.25, -0.2) is 0 Å². The first-order valence-corrected chi connectivity index (χ1v) is 71.6. The van der Waals surface area contributed by atoms with Gasteiger partial charge in [-0.2, -0.15) is 0 Å². The van der Waals surface area contributed by atoms with Gasteiger partial charge in [0.05, 0.1) is 0 Å². The summed E-state index contributed by atoms with van der Waals surface area (Å²) in [6.07, 6.45) is 33.2. The maximum absolute atomic E-state index is 2.58. The van der Waals surface area contributed by atoms with Crippen LogP contribution in [0.1, 0.15) is 219 Å². The number of benzene rings is 4. The molecule has 0 N–H and O–H groups in total. The molecule has 0 amide bonds. The van der Waals surface area contributed by atoms with Crippen molar-refractivity contribution in [1.29, 1.82) is 0 Å². The first-order chi connectivity index (χ1) is 49.7. The molecule has 580 valence electrons. The second-order valence-electron chi connectivity index (χ2n) is 41.2. The van der Waals surface area contributed by atoms with E-state index in [1.54, 1.807) is 39.8 Å². The molecule has 4 aromatic carbocycles. The number of hydrogen-bond donors (Lipinski definition) is 0. The van der Waals surface area contributed by atoms with E-state index in [0.29, 0.717) is 17.3 Å². The Kier molecular flexibility index (Phi) is 30.2. The van der Waals surface area contributed by atoms with Gasteiger partial charge < -0.3 is 0 Å². The number of pyridine rings is 4. The van der Waals surface area contributed by atoms with Crippen molar-refractivity contribution in [2.75, 3.05) is 0 Å². The minimum absolute atomic E-state index is 0.188. The van der Waals surface area contributed by atoms with E-state index >= 15 is 0 Å². The van der Waals surface area contributed by atoms with Crippen molar-refractivity contribution in [2.45, 2.75) is 293 Å². The van der Waals surface area contributed by atoms with Crippen molar-refractivity contribution in [3.63, 3.8) is 0 Å². The van der Waals surface area contributed by atoms with Gasteiger partial charge in [0, 0.05) is 0 Å². The van der Waals surface area contributed by atoms with Crippen molar-refractivity contribution in [3.05, 3.63) is 189 Å². The summed E-state index contributed by atoms with van der Waals surface area (Å²) in [6, 6.07) is 38.1. The predicted molar refractivity (Wildman–Crippen MR) is 479 cm³/mol. The number of aromatic nitrogens is 4. The molecule has 4 aromatic heterocycles. The summed E-state index contributed by atoms with van der Waals surface area (Å²) in [5, 5.41) is 0. The van der Waals surface area contributed by atoms with E-state index in [1.165, 1.54) is 186 Å². The Morgan fingerprint density at radius 3 is 1.05 bits per heavy atom. The molecule has 107 heavy (non-hydrogen) atoms. The second kappa shape index (κ2) is 36.6. The van der Waals surface area contributed by atoms with Crippen molar-refractivity contribution >= 4 is 70.6 Å². The molecule has 0 saturated heterocycles. The number of aryl methyl sites for hydroxylation is 9. The first-order valence-electron chi connectivity index (χ1n) is 42.2. The van der Waals surface area contributed by atoms with Crippen LogP contribution < -0.4 is 35.9 Å². The Labute approximate surface area is 667 Å². The molecule has 0 radical (unpaired) electrons. The van der Waals surface area contributed by atoms with Crippen LogP contribution in [0, 0.1) is 63.7 Å². The standard InChI is InChI=1S/C26H40GeN.C25H38GeN.C25H40GeN.C23H34GeN/c1-19(2)14-22-13-12-20(3)24(16-22)26-17-25(27(4,5)6)23(18-28(26)7)15-21-10-8-9-11-21;1-18(2)21-13-12-19(3)23(15-21)25-16-24(26(4,5)6)22(17-27(25)7)14-20-10-8-9-11-20;1-18-14-20(25(5,6)7)12-13-21(18)23-15-22(26(8,9)10)19(17-27(23)11)16-24(2,3)4;1-17-11-12-18(2)21(13-17)23-15-22(24(3,4)5)20(16-25(23)6)14-19-9-7-8-10-19/h12-13,16-19,21H,8-11,14-15H2,1-7H3;12-13,15-18,20H,8-11,14H2,1-7H3;12-15,17H,16H2,1-11H3;11-13,15-16,19H,7-10,14H2,1-6H3/q4*+1. The zero-order valence-corrected chi connectivity index (χ0v) is 82.6. The summed E-state index contributed by atoms with van der Waals surface area (Å²) >= 11 is -7.82. The molecule has 11 rings (SSSR count). The Morgan fingerprint density at radius 2 is 0.701 bits per heavy atom. The van der Waals surface area contributed by atoms with E-state index in [4.69, 9.17) is 0 Å². The van der Waals surface area contributed by atoms with Crippen LogP contribution in [0.15, 0.2) is 122 Å². The van der Waals surface area contributed by atoms with Crippen molar-refractivity contribution in [1.82, 2.24) is 0 Å². The fourth-order valence-electron chi connectivity index (χ4n) is 17.7. The first kappa shape index (κ1) is 88.2. The van der Waals surface area contributed by atoms with Gasteiger partial charge in [-0.15, -0.1) is 0 Å². The molecule has 0 unspecified atom stereocenters. The van der Waals surface area contributed by atoms with Gasteiger partial charge in [0.15, 0.2) is 0 Å². The second-order valence-corrected chi connectivity index (χ2v) is 83.5. The molecule has 3 aliphatic rings. The van der Waals surface area contributed by atoms with Crippen LogP contribution in [0.2, 0.25) is 69.1 Å². The average Bonchev–Trinajstić information content (AvgIpc) is 0.997. The molecular formula is C99H152Ge4N4+4. The third-order valence-electron chi connectivity index (χ3n) is 23.8. The van der Waals surface area contributed by atoms with Gasteiger partial charge in [-0.05, 0) is 0 Å². The van der Waals surface area contributed by atoms with E-state index in [0.717, 1.165) is 30.6 Å². The van der Waals surface area contributed by atoms with Crippen LogP contribution in [0.3, 0.4) is 0 Å². The summed E-state index contributed by atoms with van der Waals surface area (Å²) in [7, 11) is 8.93. The molecule has 4 nitrogen and oxygen atoms in total. The van der Waals surface area contributed by atoms with Gasteiger partial charge in [-0.3, -0.25) is 0 Å². The number of rotatable bonds is 18. The van der Waals surface area contributed by atoms with Crippen molar-refractivity contribution in [2.24, 2.45) is 57.3 Å². The summed E-state index contributed by atoms with van der Waals surface area (Å²) < 4.78 is 16.3. The molecule has 0 atom stereocenters. The van der Waals surface area contributed by atoms with Crippen LogP contribution >= 0.6 is 0 Å². The third kappa shape index (κ3) is 24.3. The van der Waals surface area contributed by atoms with Crippen molar-refractivity contribution in [3.8, 4) is 45.0 Å². The monoisotopic (exact) mass is 1690 g/mol. The van der Waals surface area contributed by atoms with E-state index in [-0.39, 0.29) is 5.41 Å². The Bertz CT molecular complexity index is 4330. The van der Waals surface area contributed by atoms with E-state index in [9.17, 15) is 0 Å². The molecular weight excluding hydrogens is 1540 g/mol. The van der Waals surface area contributed by atoms with Crippen LogP contribution in [-0.4, -0.2) is 53.1 Å². The number of hydrogen-bond acceptors (Lipinski definition) is 0. The molecule has 0 bridgehead atoms. The molecule has 3 fully saturated rings. The van der Waals surface area contributed by atoms with Crippen LogP contribution in [0.5, 0.6) is 0 Å². The van der Waals surface area contributed by atoms with Crippen LogP contribution in [0.4, 0.5) is 0 Å². The van der Waals surface area contributed by atoms with E-state index < -0.39 is 53.1 Å². The van der Waals surface area contributed by atoms with Crippen molar-refractivity contribution < 1.29 is 18.3 Å². The van der Waals surface area contributed by atoms with Crippen LogP contribution in [-0.2, 0) is 65.7 Å². The average molecular weight is 1690 g/mol. The molecule has 4 heterocycles. The zero-order valence-electron chi connectivity index (χ0n) is 74.2. The minimum atomic E-state index is -1.98. The Hall–Kier alpha value is -4.35. The molecule has 8 heteroatoms. The fourth-order valence-corrected chi connectivity index (χ4v) is 31.9. The summed E-state index contributed by atoms with van der Waals surface area (Å²) in [5.41, 5.74) is 29.2. The Morgan fingerprint density at radius 1 is 0.364 bits per heavy atom. The topological polar surface area (TPSA) is 15.5 Å². The summed E-state index contributed by atoms with van der Waals surface area (Å²) in [5.74, 6) is 34.5. The quantitative estimate of drug-likeness (QED) is 0.0601. The predicted octanol–water partition coefficient (Wildman–Crippen LogP) is 22.8. The fraction of sp³-hybridized carbons (Fsp3) is 0.556. The maximum atomic E-state index is 2.58. The van der Waals surface area contributed by atoms with E-state index in [1.807, 2.05) is 0 Å². The van der Waals surface area contributed by atoms with Gasteiger partial charge in [0.1, 0.15) is 0 Å². The molecule has 8 aromatic rings. The summed E-state index contributed by atoms with van der Waals surface area (Å²) in [4.78, 5) is 0. The van der Waals surface area contributed by atoms with Gasteiger partial charge in [-0.1, -0.05) is 0 Å². The zero-order chi connectivity index (χ0) is 79.2.